The molecule has 1 saturated heterocycles. The molecule has 0 aliphatic carbocycles. The summed E-state index contributed by atoms with van der Waals surface area (Å²) in [5.74, 6) is -2.81. The van der Waals surface area contributed by atoms with Gasteiger partial charge in [-0.3, -0.25) is 19.2 Å². The predicted molar refractivity (Wildman–Crippen MR) is 95.3 cm³/mol. The SMILES string of the molecule is NCCCCC(NC(=O)C(N)CO)C(=O)N1CCCC1C(=O)NCC(=O)O. The first-order chi connectivity index (χ1) is 12.8. The molecule has 11 nitrogen and oxygen atoms in total. The lowest BCUT2D eigenvalue weighted by atomic mass is 10.1. The monoisotopic (exact) mass is 387 g/mol. The lowest BCUT2D eigenvalue weighted by molar-refractivity contribution is -0.143. The molecule has 154 valence electrons. The van der Waals surface area contributed by atoms with Crippen LogP contribution in [0.3, 0.4) is 0 Å². The third-order valence-electron chi connectivity index (χ3n) is 4.35. The van der Waals surface area contributed by atoms with Gasteiger partial charge in [0.15, 0.2) is 0 Å². The molecule has 0 aromatic carbocycles. The second kappa shape index (κ2) is 11.5. The Balaban J connectivity index is 2.82. The van der Waals surface area contributed by atoms with E-state index in [1.807, 2.05) is 0 Å². The van der Waals surface area contributed by atoms with Gasteiger partial charge in [0.1, 0.15) is 24.7 Å². The number of nitrogens with one attached hydrogen (secondary N) is 2. The minimum absolute atomic E-state index is 0.319. The van der Waals surface area contributed by atoms with Gasteiger partial charge in [-0.1, -0.05) is 0 Å². The maximum Gasteiger partial charge on any atom is 0.322 e. The zero-order chi connectivity index (χ0) is 20.4. The van der Waals surface area contributed by atoms with Crippen LogP contribution in [0.5, 0.6) is 0 Å². The molecular weight excluding hydrogens is 358 g/mol. The molecule has 3 unspecified atom stereocenters. The Hall–Kier alpha value is -2.24. The topological polar surface area (TPSA) is 188 Å². The number of nitrogens with two attached hydrogens (primary N) is 2. The van der Waals surface area contributed by atoms with E-state index in [9.17, 15) is 19.2 Å². The van der Waals surface area contributed by atoms with Gasteiger partial charge in [-0.05, 0) is 38.6 Å². The average Bonchev–Trinajstić information content (AvgIpc) is 3.13. The molecule has 0 spiro atoms. The summed E-state index contributed by atoms with van der Waals surface area (Å²) in [6.07, 6.45) is 2.58. The number of carbonyl (C=O) groups excluding carboxylic acids is 3. The van der Waals surface area contributed by atoms with Crippen LogP contribution < -0.4 is 22.1 Å². The number of hydrogen-bond donors (Lipinski definition) is 6. The van der Waals surface area contributed by atoms with Gasteiger partial charge in [0.2, 0.25) is 17.7 Å². The molecule has 0 saturated carbocycles. The minimum Gasteiger partial charge on any atom is -0.480 e. The van der Waals surface area contributed by atoms with Crippen molar-refractivity contribution >= 4 is 23.7 Å². The van der Waals surface area contributed by atoms with Gasteiger partial charge >= 0.3 is 5.97 Å². The lowest BCUT2D eigenvalue weighted by Crippen LogP contribution is -2.56. The Morgan fingerprint density at radius 3 is 2.52 bits per heavy atom. The number of hydrogen-bond acceptors (Lipinski definition) is 7. The highest BCUT2D eigenvalue weighted by atomic mass is 16.4. The quantitative estimate of drug-likeness (QED) is 0.204. The molecule has 27 heavy (non-hydrogen) atoms. The summed E-state index contributed by atoms with van der Waals surface area (Å²) < 4.78 is 0. The van der Waals surface area contributed by atoms with E-state index < -0.39 is 55.0 Å². The van der Waals surface area contributed by atoms with Crippen molar-refractivity contribution in [3.05, 3.63) is 0 Å². The van der Waals surface area contributed by atoms with Gasteiger partial charge in [-0.25, -0.2) is 0 Å². The van der Waals surface area contributed by atoms with Crippen molar-refractivity contribution in [2.45, 2.75) is 50.2 Å². The van der Waals surface area contributed by atoms with E-state index in [0.29, 0.717) is 45.2 Å². The van der Waals surface area contributed by atoms with Crippen LogP contribution in [0.15, 0.2) is 0 Å². The number of carboxylic acids is 1. The summed E-state index contributed by atoms with van der Waals surface area (Å²) in [5.41, 5.74) is 11.0. The number of unbranched alkanes of at least 4 members (excludes halogenated alkanes) is 1. The van der Waals surface area contributed by atoms with Crippen molar-refractivity contribution in [3.8, 4) is 0 Å². The first kappa shape index (κ1) is 22.8. The van der Waals surface area contributed by atoms with Crippen LogP contribution in [0.4, 0.5) is 0 Å². The normalized spacial score (nSPS) is 18.6. The summed E-state index contributed by atoms with van der Waals surface area (Å²) in [6, 6.07) is -2.82. The molecule has 0 aromatic heterocycles. The summed E-state index contributed by atoms with van der Waals surface area (Å²) in [5, 5.41) is 22.5. The van der Waals surface area contributed by atoms with Gasteiger partial charge in [0.25, 0.3) is 0 Å². The molecule has 8 N–H and O–H groups in total. The minimum atomic E-state index is -1.18. The number of likely N-dealkylation sites (tertiary alicyclic amines) is 1. The number of aliphatic hydroxyl groups is 1. The van der Waals surface area contributed by atoms with Gasteiger partial charge < -0.3 is 37.2 Å². The average molecular weight is 387 g/mol. The number of carbonyl (C=O) groups is 4. The van der Waals surface area contributed by atoms with Gasteiger partial charge in [0, 0.05) is 6.54 Å². The van der Waals surface area contributed by atoms with Crippen LogP contribution in [0, 0.1) is 0 Å². The molecule has 0 bridgehead atoms. The highest BCUT2D eigenvalue weighted by Gasteiger charge is 2.37. The maximum absolute atomic E-state index is 12.9. The summed E-state index contributed by atoms with van der Waals surface area (Å²) in [7, 11) is 0. The Labute approximate surface area is 157 Å². The highest BCUT2D eigenvalue weighted by Crippen LogP contribution is 2.20. The third-order valence-corrected chi connectivity index (χ3v) is 4.35. The van der Waals surface area contributed by atoms with Crippen molar-refractivity contribution in [2.75, 3.05) is 26.2 Å². The van der Waals surface area contributed by atoms with Crippen molar-refractivity contribution in [3.63, 3.8) is 0 Å². The van der Waals surface area contributed by atoms with E-state index in [1.165, 1.54) is 4.90 Å². The van der Waals surface area contributed by atoms with Crippen LogP contribution in [0.25, 0.3) is 0 Å². The van der Waals surface area contributed by atoms with Crippen LogP contribution in [0.2, 0.25) is 0 Å². The molecule has 0 aromatic rings. The lowest BCUT2D eigenvalue weighted by Gasteiger charge is -2.29. The third kappa shape index (κ3) is 7.12. The molecule has 3 amide bonds. The summed E-state index contributed by atoms with van der Waals surface area (Å²) in [4.78, 5) is 49.1. The molecule has 1 aliphatic rings. The number of nitrogens with zero attached hydrogens (tertiary/aromatic N) is 1. The smallest absolute Gasteiger partial charge is 0.322 e. The fraction of sp³-hybridized carbons (Fsp3) is 0.750. The first-order valence-electron chi connectivity index (χ1n) is 8.98. The standard InChI is InChI=1S/C16H29N5O6/c17-6-2-1-4-11(20-14(25)10(18)9-22)16(27)21-7-3-5-12(21)15(26)19-8-13(23)24/h10-12,22H,1-9,17-18H2,(H,19,26)(H,20,25)(H,23,24). The molecule has 1 aliphatic heterocycles. The molecule has 0 radical (unpaired) electrons. The van der Waals surface area contributed by atoms with E-state index in [2.05, 4.69) is 10.6 Å². The number of aliphatic hydroxyl groups excluding tert-OH is 1. The largest absolute Gasteiger partial charge is 0.480 e. The fourth-order valence-electron chi connectivity index (χ4n) is 2.90. The van der Waals surface area contributed by atoms with Crippen molar-refractivity contribution in [1.29, 1.82) is 0 Å². The zero-order valence-corrected chi connectivity index (χ0v) is 15.2. The summed E-state index contributed by atoms with van der Waals surface area (Å²) >= 11 is 0. The maximum atomic E-state index is 12.9. The van der Waals surface area contributed by atoms with Crippen LogP contribution in [-0.2, 0) is 19.2 Å². The van der Waals surface area contributed by atoms with Gasteiger partial charge in [0.05, 0.1) is 6.61 Å². The van der Waals surface area contributed by atoms with Crippen molar-refractivity contribution < 1.29 is 29.4 Å². The van der Waals surface area contributed by atoms with E-state index in [-0.39, 0.29) is 0 Å². The van der Waals surface area contributed by atoms with Crippen LogP contribution in [-0.4, -0.2) is 83.2 Å². The summed E-state index contributed by atoms with van der Waals surface area (Å²) in [6.45, 7) is -0.312. The van der Waals surface area contributed by atoms with Gasteiger partial charge in [-0.2, -0.15) is 0 Å². The Kier molecular flexibility index (Phi) is 9.68. The Bertz CT molecular complexity index is 543. The molecule has 3 atom stereocenters. The molecule has 1 rings (SSSR count). The molecule has 11 heteroatoms. The van der Waals surface area contributed by atoms with Crippen LogP contribution >= 0.6 is 0 Å². The number of rotatable bonds is 11. The highest BCUT2D eigenvalue weighted by molar-refractivity contribution is 5.94. The van der Waals surface area contributed by atoms with Crippen molar-refractivity contribution in [1.82, 2.24) is 15.5 Å². The Morgan fingerprint density at radius 2 is 1.93 bits per heavy atom. The number of aliphatic carboxylic acids is 1. The second-order valence-corrected chi connectivity index (χ2v) is 6.44. The molecular formula is C16H29N5O6. The number of carboxylic acid groups (broad SMARTS) is 1. The van der Waals surface area contributed by atoms with E-state index >= 15 is 0 Å². The molecule has 1 heterocycles. The zero-order valence-electron chi connectivity index (χ0n) is 15.2. The van der Waals surface area contributed by atoms with Gasteiger partial charge in [-0.15, -0.1) is 0 Å². The van der Waals surface area contributed by atoms with E-state index in [1.54, 1.807) is 0 Å². The second-order valence-electron chi connectivity index (χ2n) is 6.44. The van der Waals surface area contributed by atoms with Crippen molar-refractivity contribution in [2.24, 2.45) is 11.5 Å². The van der Waals surface area contributed by atoms with E-state index in [0.717, 1.165) is 0 Å². The number of amides is 3. The predicted octanol–water partition coefficient (Wildman–Crippen LogP) is -2.89. The Morgan fingerprint density at radius 1 is 1.22 bits per heavy atom. The fourth-order valence-corrected chi connectivity index (χ4v) is 2.90. The van der Waals surface area contributed by atoms with E-state index in [4.69, 9.17) is 21.7 Å². The molecule has 1 fully saturated rings. The van der Waals surface area contributed by atoms with Crippen LogP contribution in [0.1, 0.15) is 32.1 Å². The first-order valence-corrected chi connectivity index (χ1v) is 8.98.